The number of nitrogens with zero attached hydrogens (tertiary/aromatic N) is 2. The van der Waals surface area contributed by atoms with Crippen molar-refractivity contribution in [1.29, 1.82) is 0 Å². The fourth-order valence-electron chi connectivity index (χ4n) is 3.99. The fourth-order valence-corrected chi connectivity index (χ4v) is 5.49. The van der Waals surface area contributed by atoms with Gasteiger partial charge in [0.15, 0.2) is 5.75 Å². The maximum Gasteiger partial charge on any atom is 0.213 e. The summed E-state index contributed by atoms with van der Waals surface area (Å²) in [7, 11) is -1.28. The first-order valence-corrected chi connectivity index (χ1v) is 12.7. The van der Waals surface area contributed by atoms with Crippen LogP contribution in [-0.4, -0.2) is 48.2 Å². The summed E-state index contributed by atoms with van der Waals surface area (Å²) in [6, 6.07) is 13.3. The van der Waals surface area contributed by atoms with Crippen molar-refractivity contribution < 1.29 is 17.9 Å². The molecule has 1 amide bonds. The minimum atomic E-state index is -2.96. The van der Waals surface area contributed by atoms with Crippen LogP contribution in [0.2, 0.25) is 0 Å². The first kappa shape index (κ1) is 22.8. The van der Waals surface area contributed by atoms with Crippen molar-refractivity contribution in [2.45, 2.75) is 25.7 Å². The highest BCUT2D eigenvalue weighted by Crippen LogP contribution is 2.38. The molecule has 172 valence electrons. The molecule has 1 aromatic heterocycles. The number of hydrogen-bond acceptors (Lipinski definition) is 5. The Balaban J connectivity index is 1.84. The molecule has 1 aliphatic rings. The van der Waals surface area contributed by atoms with Crippen molar-refractivity contribution in [2.75, 3.05) is 18.6 Å². The molecule has 1 aliphatic heterocycles. The number of aromatic nitrogens is 2. The highest BCUT2D eigenvalue weighted by atomic mass is 32.2. The molecule has 0 spiro atoms. The van der Waals surface area contributed by atoms with Crippen LogP contribution in [0.15, 0.2) is 60.8 Å². The number of para-hydroxylation sites is 1. The third kappa shape index (κ3) is 5.17. The van der Waals surface area contributed by atoms with E-state index in [9.17, 15) is 13.2 Å². The van der Waals surface area contributed by atoms with E-state index in [1.165, 1.54) is 4.90 Å². The van der Waals surface area contributed by atoms with Crippen LogP contribution in [0.4, 0.5) is 0 Å². The molecule has 0 unspecified atom stereocenters. The van der Waals surface area contributed by atoms with Crippen LogP contribution >= 0.6 is 0 Å². The highest BCUT2D eigenvalue weighted by Gasteiger charge is 2.27. The van der Waals surface area contributed by atoms with Crippen molar-refractivity contribution in [3.63, 3.8) is 0 Å². The van der Waals surface area contributed by atoms with E-state index in [1.54, 1.807) is 13.2 Å². The molecule has 7 nitrogen and oxygen atoms in total. The lowest BCUT2D eigenvalue weighted by Crippen LogP contribution is -2.22. The summed E-state index contributed by atoms with van der Waals surface area (Å²) < 4.78 is 30.1. The van der Waals surface area contributed by atoms with Crippen molar-refractivity contribution in [1.82, 2.24) is 14.9 Å². The number of benzene rings is 2. The molecule has 1 fully saturated rings. The van der Waals surface area contributed by atoms with Crippen LogP contribution in [0.5, 0.6) is 11.5 Å². The summed E-state index contributed by atoms with van der Waals surface area (Å²) in [5.74, 6) is 2.44. The SMILES string of the molecule is C/C=C\C(=C/N(C)C=O)c1ccc2[nH]c(C3CCS(=O)(=O)CC3)nc2c1Oc1ccccc1. The number of carbonyl (C=O) groups excluding carboxylic acids is 1. The number of fused-ring (bicyclic) bond motifs is 1. The maximum atomic E-state index is 11.9. The second-order valence-electron chi connectivity index (χ2n) is 8.16. The van der Waals surface area contributed by atoms with Crippen LogP contribution in [0.3, 0.4) is 0 Å². The average Bonchev–Trinajstić information content (AvgIpc) is 3.24. The van der Waals surface area contributed by atoms with E-state index in [0.29, 0.717) is 29.9 Å². The molecule has 4 rings (SSSR count). The molecule has 0 aliphatic carbocycles. The van der Waals surface area contributed by atoms with Gasteiger partial charge in [-0.05, 0) is 44.0 Å². The van der Waals surface area contributed by atoms with E-state index in [-0.39, 0.29) is 17.4 Å². The summed E-state index contributed by atoms with van der Waals surface area (Å²) in [4.78, 5) is 21.0. The van der Waals surface area contributed by atoms with Gasteiger partial charge in [0.2, 0.25) is 6.41 Å². The predicted octanol–water partition coefficient (Wildman–Crippen LogP) is 4.65. The second kappa shape index (κ2) is 9.62. The number of H-pyrrole nitrogens is 1. The van der Waals surface area contributed by atoms with Gasteiger partial charge in [0.05, 0.1) is 17.0 Å². The van der Waals surface area contributed by atoms with Gasteiger partial charge >= 0.3 is 0 Å². The lowest BCUT2D eigenvalue weighted by molar-refractivity contribution is -0.114. The third-order valence-electron chi connectivity index (χ3n) is 5.70. The van der Waals surface area contributed by atoms with Crippen LogP contribution in [0.25, 0.3) is 16.6 Å². The summed E-state index contributed by atoms with van der Waals surface area (Å²) in [5.41, 5.74) is 3.08. The van der Waals surface area contributed by atoms with Gasteiger partial charge < -0.3 is 14.6 Å². The smallest absolute Gasteiger partial charge is 0.213 e. The van der Waals surface area contributed by atoms with E-state index >= 15 is 0 Å². The minimum absolute atomic E-state index is 0.0562. The van der Waals surface area contributed by atoms with E-state index in [1.807, 2.05) is 61.5 Å². The minimum Gasteiger partial charge on any atom is -0.454 e. The Bertz CT molecular complexity index is 1300. The molecular weight excluding hydrogens is 438 g/mol. The van der Waals surface area contributed by atoms with Gasteiger partial charge in [-0.25, -0.2) is 13.4 Å². The van der Waals surface area contributed by atoms with Gasteiger partial charge in [0.1, 0.15) is 26.9 Å². The molecule has 3 aromatic rings. The Labute approximate surface area is 193 Å². The number of sulfone groups is 1. The fraction of sp³-hybridized carbons (Fsp3) is 0.280. The van der Waals surface area contributed by atoms with E-state index < -0.39 is 9.84 Å². The third-order valence-corrected chi connectivity index (χ3v) is 7.41. The monoisotopic (exact) mass is 465 g/mol. The molecular formula is C25H27N3O4S. The van der Waals surface area contributed by atoms with E-state index in [4.69, 9.17) is 9.72 Å². The number of amides is 1. The number of allylic oxidation sites excluding steroid dienone is 3. The molecule has 8 heteroatoms. The Morgan fingerprint density at radius 1 is 1.15 bits per heavy atom. The van der Waals surface area contributed by atoms with E-state index in [0.717, 1.165) is 28.9 Å². The van der Waals surface area contributed by atoms with Crippen LogP contribution in [0.1, 0.15) is 37.1 Å². The van der Waals surface area contributed by atoms with E-state index in [2.05, 4.69) is 4.98 Å². The van der Waals surface area contributed by atoms with Crippen LogP contribution in [-0.2, 0) is 14.6 Å². The Morgan fingerprint density at radius 2 is 1.88 bits per heavy atom. The van der Waals surface area contributed by atoms with Gasteiger partial charge in [-0.3, -0.25) is 4.79 Å². The zero-order valence-electron chi connectivity index (χ0n) is 18.7. The topological polar surface area (TPSA) is 92.4 Å². The number of aromatic amines is 1. The number of nitrogens with one attached hydrogen (secondary N) is 1. The lowest BCUT2D eigenvalue weighted by atomic mass is 10.0. The largest absolute Gasteiger partial charge is 0.454 e. The van der Waals surface area contributed by atoms with Crippen molar-refractivity contribution in [3.8, 4) is 11.5 Å². The summed E-state index contributed by atoms with van der Waals surface area (Å²) in [5, 5.41) is 0. The standard InChI is InChI=1S/C25H27N3O4S/c1-3-7-19(16-28(2)17-29)21-10-11-22-23(24(21)32-20-8-5-4-6-9-20)27-25(26-22)18-12-14-33(30,31)15-13-18/h3-11,16-18H,12-15H2,1-2H3,(H,26,27)/b7-3-,19-16+. The normalized spacial score (nSPS) is 16.8. The summed E-state index contributed by atoms with van der Waals surface area (Å²) in [6.45, 7) is 1.91. The molecule has 0 atom stereocenters. The van der Waals surface area contributed by atoms with Gasteiger partial charge in [-0.2, -0.15) is 0 Å². The zero-order valence-corrected chi connectivity index (χ0v) is 19.5. The molecule has 0 saturated carbocycles. The van der Waals surface area contributed by atoms with Crippen molar-refractivity contribution in [3.05, 3.63) is 72.2 Å². The van der Waals surface area contributed by atoms with Gasteiger partial charge in [-0.1, -0.05) is 30.4 Å². The number of imidazole rings is 1. The first-order chi connectivity index (χ1) is 15.9. The van der Waals surface area contributed by atoms with Crippen molar-refractivity contribution in [2.24, 2.45) is 0 Å². The molecule has 0 radical (unpaired) electrons. The van der Waals surface area contributed by atoms with Crippen LogP contribution < -0.4 is 4.74 Å². The summed E-state index contributed by atoms with van der Waals surface area (Å²) >= 11 is 0. The number of hydrogen-bond donors (Lipinski definition) is 1. The zero-order chi connectivity index (χ0) is 23.4. The van der Waals surface area contributed by atoms with Gasteiger partial charge in [0, 0.05) is 30.3 Å². The summed E-state index contributed by atoms with van der Waals surface area (Å²) in [6.07, 6.45) is 7.41. The van der Waals surface area contributed by atoms with Gasteiger partial charge in [0.25, 0.3) is 0 Å². The molecule has 1 N–H and O–H groups in total. The molecule has 0 bridgehead atoms. The van der Waals surface area contributed by atoms with Gasteiger partial charge in [-0.15, -0.1) is 0 Å². The lowest BCUT2D eigenvalue weighted by Gasteiger charge is -2.19. The quantitative estimate of drug-likeness (QED) is 0.405. The average molecular weight is 466 g/mol. The second-order valence-corrected chi connectivity index (χ2v) is 10.5. The van der Waals surface area contributed by atoms with Crippen LogP contribution in [0, 0.1) is 0 Å². The molecule has 33 heavy (non-hydrogen) atoms. The maximum absolute atomic E-state index is 11.9. The highest BCUT2D eigenvalue weighted by molar-refractivity contribution is 7.91. The number of rotatable bonds is 7. The molecule has 2 heterocycles. The molecule has 2 aromatic carbocycles. The predicted molar refractivity (Wildman–Crippen MR) is 130 cm³/mol. The number of carbonyl (C=O) groups is 1. The first-order valence-electron chi connectivity index (χ1n) is 10.9. The Kier molecular flexibility index (Phi) is 6.65. The Hall–Kier alpha value is -3.39. The Morgan fingerprint density at radius 3 is 2.55 bits per heavy atom. The van der Waals surface area contributed by atoms with Crippen molar-refractivity contribution >= 4 is 32.9 Å². The molecule has 1 saturated heterocycles. The number of ether oxygens (including phenoxy) is 1.